The number of carboxylic acid groups (broad SMARTS) is 1. The molecule has 0 unspecified atom stereocenters. The largest absolute Gasteiger partial charge is 0.489 e. The summed E-state index contributed by atoms with van der Waals surface area (Å²) in [6, 6.07) is 5.22. The molecule has 2 aliphatic heterocycles. The molecule has 0 saturated carbocycles. The second-order valence-corrected chi connectivity index (χ2v) is 11.7. The van der Waals surface area contributed by atoms with Crippen molar-refractivity contribution in [2.24, 2.45) is 5.16 Å². The maximum absolute atomic E-state index is 13.1. The number of anilines is 1. The number of hydroxylamine groups is 2. The highest BCUT2D eigenvalue weighted by Gasteiger charge is 2.58. The van der Waals surface area contributed by atoms with Crippen molar-refractivity contribution in [3.63, 3.8) is 0 Å². The fourth-order valence-corrected chi connectivity index (χ4v) is 4.85. The number of oxime groups is 1. The number of aromatic nitrogens is 1. The zero-order valence-electron chi connectivity index (χ0n) is 22.6. The fraction of sp³-hybridized carbons (Fsp3) is 0.391. The van der Waals surface area contributed by atoms with Gasteiger partial charge in [0.1, 0.15) is 29.9 Å². The Kier molecular flexibility index (Phi) is 9.15. The molecular weight excluding hydrogens is 612 g/mol. The average molecular weight is 641 g/mol. The lowest BCUT2D eigenvalue weighted by Gasteiger charge is -2.50. The Bertz CT molecular complexity index is 1540. The number of hydrogen-bond acceptors (Lipinski definition) is 14. The van der Waals surface area contributed by atoms with E-state index in [9.17, 15) is 27.9 Å². The third-order valence-corrected chi connectivity index (χ3v) is 7.33. The highest BCUT2D eigenvalue weighted by molar-refractivity contribution is 7.80. The smallest absolute Gasteiger partial charge is 0.418 e. The van der Waals surface area contributed by atoms with Crippen LogP contribution in [-0.4, -0.2) is 101 Å². The topological polar surface area (TPSA) is 268 Å². The number of amides is 2. The van der Waals surface area contributed by atoms with Gasteiger partial charge in [-0.05, 0) is 38.1 Å². The molecule has 43 heavy (non-hydrogen) atoms. The van der Waals surface area contributed by atoms with E-state index in [2.05, 4.69) is 30.4 Å². The summed E-state index contributed by atoms with van der Waals surface area (Å²) in [6.45, 7) is 3.72. The van der Waals surface area contributed by atoms with Crippen molar-refractivity contribution < 1.29 is 46.3 Å². The van der Waals surface area contributed by atoms with E-state index >= 15 is 0 Å². The van der Waals surface area contributed by atoms with Crippen LogP contribution in [0.25, 0.3) is 0 Å². The molecule has 0 radical (unpaired) electrons. The van der Waals surface area contributed by atoms with Gasteiger partial charge in [-0.2, -0.15) is 13.5 Å². The number of hydrogen-bond donors (Lipinski definition) is 7. The fourth-order valence-electron chi connectivity index (χ4n) is 3.85. The summed E-state index contributed by atoms with van der Waals surface area (Å²) in [5, 5.41) is 31.7. The molecule has 2 amide bonds. The molecular formula is C23H28N8O10S2. The van der Waals surface area contributed by atoms with Crippen LogP contribution in [0.3, 0.4) is 0 Å². The van der Waals surface area contributed by atoms with E-state index in [1.807, 2.05) is 0 Å². The molecule has 8 N–H and O–H groups in total. The third-order valence-electron chi connectivity index (χ3n) is 6.32. The van der Waals surface area contributed by atoms with Gasteiger partial charge in [-0.1, -0.05) is 5.16 Å². The Labute approximate surface area is 248 Å². The minimum absolute atomic E-state index is 0.0532. The predicted molar refractivity (Wildman–Crippen MR) is 150 cm³/mol. The number of benzene rings is 1. The monoisotopic (exact) mass is 640 g/mol. The number of carboxylic acids is 1. The number of amidine groups is 1. The van der Waals surface area contributed by atoms with E-state index in [1.54, 1.807) is 24.3 Å². The first-order chi connectivity index (χ1) is 20.2. The molecule has 2 fully saturated rings. The van der Waals surface area contributed by atoms with Gasteiger partial charge >= 0.3 is 16.4 Å². The van der Waals surface area contributed by atoms with Gasteiger partial charge in [0.25, 0.3) is 17.9 Å². The number of nitrogen functional groups attached to an aromatic ring is 1. The first kappa shape index (κ1) is 31.6. The lowest BCUT2D eigenvalue weighted by atomic mass is 9.84. The highest BCUT2D eigenvalue weighted by atomic mass is 32.3. The summed E-state index contributed by atoms with van der Waals surface area (Å²) in [5.41, 5.74) is 4.22. The molecule has 4 rings (SSSR count). The number of rotatable bonds is 13. The zero-order valence-corrected chi connectivity index (χ0v) is 24.3. The van der Waals surface area contributed by atoms with Gasteiger partial charge in [0, 0.05) is 24.0 Å². The Morgan fingerprint density at radius 3 is 2.49 bits per heavy atom. The number of ether oxygens (including phenoxy) is 1. The molecule has 2 aliphatic rings. The van der Waals surface area contributed by atoms with E-state index in [0.29, 0.717) is 10.6 Å². The van der Waals surface area contributed by atoms with Crippen molar-refractivity contribution in [2.75, 3.05) is 25.4 Å². The third kappa shape index (κ3) is 7.53. The summed E-state index contributed by atoms with van der Waals surface area (Å²) < 4.78 is 40.8. The van der Waals surface area contributed by atoms with Crippen LogP contribution in [0.15, 0.2) is 34.8 Å². The van der Waals surface area contributed by atoms with Crippen LogP contribution in [0, 0.1) is 5.41 Å². The number of nitrogens with two attached hydrogens (primary N) is 1. The second-order valence-electron chi connectivity index (χ2n) is 9.85. The van der Waals surface area contributed by atoms with Gasteiger partial charge in [-0.25, -0.2) is 9.78 Å². The number of nitrogens with zero attached hydrogens (tertiary/aromatic N) is 3. The van der Waals surface area contributed by atoms with Crippen LogP contribution >= 0.6 is 11.3 Å². The standard InChI is InChI=1S/C23H28N8O10S2/c1-23(2)17(20(33)31(23)41-43(36,37)38)29-19(32)16(14-10-42-22(25)28-14)30-40-15(21(34)35)9-39-13-5-3-11(4-6-13)18(24)27-12-7-26-8-12/h3-6,10,12,15,17,26H,7-9H2,1-2H3,(H2,24,27)(H2,25,28)(H,29,32)(H,34,35)(H,36,37,38)/t15-,17+/m0/s1. The maximum atomic E-state index is 13.1. The molecule has 20 heteroatoms. The SMILES string of the molecule is CC1(C)[C@H](NC(=O)C(=NO[C@@H](COc2ccc(C(=N)NC3CNC3)cc2)C(=O)O)c2csc(N)n2)C(=O)N1OS(=O)(=O)O. The zero-order chi connectivity index (χ0) is 31.5. The first-order valence-electron chi connectivity index (χ1n) is 12.4. The minimum atomic E-state index is -5.01. The maximum Gasteiger partial charge on any atom is 0.418 e. The van der Waals surface area contributed by atoms with Crippen LogP contribution in [0.1, 0.15) is 25.1 Å². The second kappa shape index (κ2) is 12.5. The van der Waals surface area contributed by atoms with Crippen LogP contribution in [0.2, 0.25) is 0 Å². The van der Waals surface area contributed by atoms with E-state index in [-0.39, 0.29) is 28.5 Å². The van der Waals surface area contributed by atoms with Gasteiger partial charge in [0.15, 0.2) is 10.8 Å². The van der Waals surface area contributed by atoms with Gasteiger partial charge < -0.3 is 36.4 Å². The minimum Gasteiger partial charge on any atom is -0.489 e. The molecule has 1 aromatic carbocycles. The summed E-state index contributed by atoms with van der Waals surface area (Å²) >= 11 is 0.952. The van der Waals surface area contributed by atoms with Crippen molar-refractivity contribution >= 4 is 56.2 Å². The molecule has 3 heterocycles. The molecule has 232 valence electrons. The van der Waals surface area contributed by atoms with E-state index in [4.69, 9.17) is 25.3 Å². The lowest BCUT2D eigenvalue weighted by Crippen LogP contribution is -2.76. The number of nitrogens with one attached hydrogen (secondary N) is 4. The average Bonchev–Trinajstić information content (AvgIpc) is 3.34. The van der Waals surface area contributed by atoms with Crippen LogP contribution in [-0.2, 0) is 33.9 Å². The Balaban J connectivity index is 1.43. The van der Waals surface area contributed by atoms with E-state index in [0.717, 1.165) is 24.4 Å². The van der Waals surface area contributed by atoms with Crippen molar-refractivity contribution in [1.82, 2.24) is 26.0 Å². The summed E-state index contributed by atoms with van der Waals surface area (Å²) in [6.07, 6.45) is -1.69. The van der Waals surface area contributed by atoms with Crippen LogP contribution in [0.5, 0.6) is 5.75 Å². The molecule has 18 nitrogen and oxygen atoms in total. The molecule has 2 saturated heterocycles. The summed E-state index contributed by atoms with van der Waals surface area (Å²) in [5.74, 6) is -2.97. The van der Waals surface area contributed by atoms with E-state index in [1.165, 1.54) is 19.2 Å². The highest BCUT2D eigenvalue weighted by Crippen LogP contribution is 2.33. The molecule has 0 aliphatic carbocycles. The van der Waals surface area contributed by atoms with Gasteiger partial charge in [-0.15, -0.1) is 15.6 Å². The molecule has 2 atom stereocenters. The van der Waals surface area contributed by atoms with Crippen molar-refractivity contribution in [3.8, 4) is 5.75 Å². The Morgan fingerprint density at radius 2 is 1.98 bits per heavy atom. The quantitative estimate of drug-likeness (QED) is 0.0441. The number of carbonyl (C=O) groups is 3. The van der Waals surface area contributed by atoms with Crippen LogP contribution in [0.4, 0.5) is 5.13 Å². The van der Waals surface area contributed by atoms with Gasteiger partial charge in [-0.3, -0.25) is 19.6 Å². The molecule has 0 bridgehead atoms. The Morgan fingerprint density at radius 1 is 1.30 bits per heavy atom. The van der Waals surface area contributed by atoms with Crippen LogP contribution < -0.4 is 26.4 Å². The van der Waals surface area contributed by atoms with Gasteiger partial charge in [0.2, 0.25) is 0 Å². The van der Waals surface area contributed by atoms with Crippen molar-refractivity contribution in [3.05, 3.63) is 40.9 Å². The molecule has 0 spiro atoms. The lowest BCUT2D eigenvalue weighted by molar-refractivity contribution is -0.218. The van der Waals surface area contributed by atoms with E-state index < -0.39 is 58.2 Å². The Hall–Kier alpha value is -4.37. The first-order valence-corrected chi connectivity index (χ1v) is 14.7. The number of carbonyl (C=O) groups excluding carboxylic acids is 2. The number of β-lactam (4-membered cyclic amide) rings is 1. The number of thiazole rings is 1. The normalized spacial score (nSPS) is 19.0. The number of aliphatic carboxylic acids is 1. The summed E-state index contributed by atoms with van der Waals surface area (Å²) in [7, 11) is -5.01. The van der Waals surface area contributed by atoms with Gasteiger partial charge in [0.05, 0.1) is 11.6 Å². The van der Waals surface area contributed by atoms with Crippen molar-refractivity contribution in [1.29, 1.82) is 5.41 Å². The summed E-state index contributed by atoms with van der Waals surface area (Å²) in [4.78, 5) is 46.5. The van der Waals surface area contributed by atoms with Crippen molar-refractivity contribution in [2.45, 2.75) is 37.6 Å². The predicted octanol–water partition coefficient (Wildman–Crippen LogP) is -1.30. The molecule has 2 aromatic rings. The molecule has 1 aromatic heterocycles.